The molecule has 1 rings (SSSR count). The number of carbonyl (C=O) groups is 1. The van der Waals surface area contributed by atoms with Crippen molar-refractivity contribution in [2.45, 2.75) is 18.2 Å². The molecule has 0 aliphatic carbocycles. The minimum Gasteiger partial charge on any atom is -0.326 e. The van der Waals surface area contributed by atoms with Crippen molar-refractivity contribution in [2.24, 2.45) is 0 Å². The molecule has 1 aromatic rings. The second kappa shape index (κ2) is 7.68. The number of benzene rings is 1. The van der Waals surface area contributed by atoms with Crippen LogP contribution in [0, 0.1) is 0 Å². The van der Waals surface area contributed by atoms with E-state index in [4.69, 9.17) is 0 Å². The highest BCUT2D eigenvalue weighted by Crippen LogP contribution is 2.13. The quantitative estimate of drug-likeness (QED) is 0.564. The van der Waals surface area contributed by atoms with Crippen LogP contribution < -0.4 is 14.8 Å². The first-order valence-electron chi connectivity index (χ1n) is 6.42. The Hall–Kier alpha value is -1.49. The average molecular weight is 349 g/mol. The van der Waals surface area contributed by atoms with E-state index in [0.717, 1.165) is 6.26 Å². The average Bonchev–Trinajstić information content (AvgIpc) is 2.36. The lowest BCUT2D eigenvalue weighted by atomic mass is 10.3. The number of rotatable bonds is 8. The largest absolute Gasteiger partial charge is 0.326 e. The Morgan fingerprint density at radius 3 is 2.05 bits per heavy atom. The molecule has 3 N–H and O–H groups in total. The third-order valence-corrected chi connectivity index (χ3v) is 4.70. The molecule has 0 aliphatic rings. The summed E-state index contributed by atoms with van der Waals surface area (Å²) in [5.41, 5.74) is 0.504. The monoisotopic (exact) mass is 349 g/mol. The van der Waals surface area contributed by atoms with Crippen molar-refractivity contribution in [3.05, 3.63) is 24.3 Å². The molecule has 0 unspecified atom stereocenters. The smallest absolute Gasteiger partial charge is 0.240 e. The Morgan fingerprint density at radius 1 is 1.00 bits per heavy atom. The third-order valence-electron chi connectivity index (χ3n) is 2.49. The summed E-state index contributed by atoms with van der Waals surface area (Å²) in [6.07, 6.45) is 1.37. The fraction of sp³-hybridized carbons (Fsp3) is 0.417. The molecular formula is C12H19N3O5S2. The number of anilines is 1. The number of amides is 1. The fourth-order valence-corrected chi connectivity index (χ4v) is 3.15. The van der Waals surface area contributed by atoms with Crippen molar-refractivity contribution in [3.8, 4) is 0 Å². The van der Waals surface area contributed by atoms with E-state index < -0.39 is 20.0 Å². The highest BCUT2D eigenvalue weighted by molar-refractivity contribution is 7.89. The maximum atomic E-state index is 12.0. The van der Waals surface area contributed by atoms with Crippen LogP contribution >= 0.6 is 0 Å². The van der Waals surface area contributed by atoms with Crippen molar-refractivity contribution in [1.29, 1.82) is 0 Å². The van der Waals surface area contributed by atoms with E-state index in [2.05, 4.69) is 14.8 Å². The Labute approximate surface area is 130 Å². The van der Waals surface area contributed by atoms with Gasteiger partial charge in [0, 0.05) is 25.7 Å². The van der Waals surface area contributed by atoms with Gasteiger partial charge in [-0.25, -0.2) is 26.3 Å². The van der Waals surface area contributed by atoms with Crippen LogP contribution in [-0.2, 0) is 24.8 Å². The van der Waals surface area contributed by atoms with Gasteiger partial charge in [-0.2, -0.15) is 0 Å². The van der Waals surface area contributed by atoms with Gasteiger partial charge < -0.3 is 5.32 Å². The second-order valence-corrected chi connectivity index (χ2v) is 8.22. The summed E-state index contributed by atoms with van der Waals surface area (Å²) >= 11 is 0. The lowest BCUT2D eigenvalue weighted by Gasteiger charge is -2.08. The molecule has 0 atom stereocenters. The Bertz CT molecular complexity index is 712. The summed E-state index contributed by atoms with van der Waals surface area (Å²) < 4.78 is 50.3. The minimum absolute atomic E-state index is 0.0673. The number of hydrogen-bond acceptors (Lipinski definition) is 5. The molecule has 22 heavy (non-hydrogen) atoms. The van der Waals surface area contributed by atoms with Crippen LogP contribution in [0.25, 0.3) is 0 Å². The Kier molecular flexibility index (Phi) is 6.48. The first kappa shape index (κ1) is 18.6. The zero-order valence-corrected chi connectivity index (χ0v) is 13.9. The van der Waals surface area contributed by atoms with Crippen molar-refractivity contribution >= 4 is 31.6 Å². The van der Waals surface area contributed by atoms with Gasteiger partial charge in [0.05, 0.1) is 11.2 Å². The fourth-order valence-electron chi connectivity index (χ4n) is 1.56. The Balaban J connectivity index is 2.54. The van der Waals surface area contributed by atoms with Gasteiger partial charge in [0.25, 0.3) is 0 Å². The molecule has 8 nitrogen and oxygen atoms in total. The van der Waals surface area contributed by atoms with E-state index in [9.17, 15) is 21.6 Å². The molecule has 124 valence electrons. The molecule has 0 radical (unpaired) electrons. The molecule has 0 aromatic heterocycles. The molecule has 0 heterocycles. The zero-order chi connectivity index (χ0) is 16.8. The predicted molar refractivity (Wildman–Crippen MR) is 83.4 cm³/mol. The van der Waals surface area contributed by atoms with E-state index in [-0.39, 0.29) is 23.9 Å². The highest BCUT2D eigenvalue weighted by atomic mass is 32.2. The molecule has 0 fully saturated rings. The van der Waals surface area contributed by atoms with Crippen LogP contribution in [0.3, 0.4) is 0 Å². The maximum absolute atomic E-state index is 12.0. The van der Waals surface area contributed by atoms with Gasteiger partial charge in [-0.05, 0) is 30.7 Å². The summed E-state index contributed by atoms with van der Waals surface area (Å²) in [7, 11) is -6.93. The summed E-state index contributed by atoms with van der Waals surface area (Å²) in [4.78, 5) is 10.9. The normalized spacial score (nSPS) is 12.1. The van der Waals surface area contributed by atoms with Gasteiger partial charge in [0.1, 0.15) is 0 Å². The van der Waals surface area contributed by atoms with Crippen LogP contribution in [-0.4, -0.2) is 42.1 Å². The van der Waals surface area contributed by atoms with Crippen LogP contribution in [0.15, 0.2) is 29.2 Å². The number of nitrogens with one attached hydrogen (secondary N) is 3. The molecule has 1 amide bonds. The van der Waals surface area contributed by atoms with Crippen molar-refractivity contribution in [3.63, 3.8) is 0 Å². The maximum Gasteiger partial charge on any atom is 0.240 e. The van der Waals surface area contributed by atoms with Gasteiger partial charge in [0.15, 0.2) is 0 Å². The number of sulfonamides is 2. The topological polar surface area (TPSA) is 121 Å². The number of carbonyl (C=O) groups excluding carboxylic acids is 1. The standard InChI is InChI=1S/C12H19N3O5S2/c1-10(16)15-11-4-6-12(7-5-11)22(19,20)14-9-3-8-13-21(2,17)18/h4-7,13-14H,3,8-9H2,1-2H3,(H,15,16). The SMILES string of the molecule is CC(=O)Nc1ccc(S(=O)(=O)NCCCNS(C)(=O)=O)cc1. The van der Waals surface area contributed by atoms with Crippen molar-refractivity contribution in [1.82, 2.24) is 9.44 Å². The lowest BCUT2D eigenvalue weighted by molar-refractivity contribution is -0.114. The third kappa shape index (κ3) is 6.98. The highest BCUT2D eigenvalue weighted by Gasteiger charge is 2.13. The summed E-state index contributed by atoms with van der Waals surface area (Å²) in [5.74, 6) is -0.243. The van der Waals surface area contributed by atoms with Crippen LogP contribution in [0.4, 0.5) is 5.69 Å². The van der Waals surface area contributed by atoms with E-state index in [1.807, 2.05) is 0 Å². The summed E-state index contributed by atoms with van der Waals surface area (Å²) in [5, 5.41) is 2.54. The van der Waals surface area contributed by atoms with Gasteiger partial charge >= 0.3 is 0 Å². The van der Waals surface area contributed by atoms with E-state index in [0.29, 0.717) is 12.1 Å². The second-order valence-electron chi connectivity index (χ2n) is 4.62. The molecule has 0 aliphatic heterocycles. The number of hydrogen-bond donors (Lipinski definition) is 3. The molecule has 10 heteroatoms. The van der Waals surface area contributed by atoms with Crippen molar-refractivity contribution < 1.29 is 21.6 Å². The van der Waals surface area contributed by atoms with Crippen molar-refractivity contribution in [2.75, 3.05) is 24.7 Å². The van der Waals surface area contributed by atoms with E-state index in [1.165, 1.54) is 31.2 Å². The predicted octanol–water partition coefficient (Wildman–Crippen LogP) is -0.137. The summed E-state index contributed by atoms with van der Waals surface area (Å²) in [6.45, 7) is 1.62. The van der Waals surface area contributed by atoms with Crippen LogP contribution in [0.5, 0.6) is 0 Å². The molecule has 1 aromatic carbocycles. The molecule has 0 spiro atoms. The van der Waals surface area contributed by atoms with Gasteiger partial charge in [-0.15, -0.1) is 0 Å². The molecule has 0 saturated carbocycles. The van der Waals surface area contributed by atoms with Gasteiger partial charge in [-0.1, -0.05) is 0 Å². The first-order chi connectivity index (χ1) is 10.1. The summed E-state index contributed by atoms with van der Waals surface area (Å²) in [6, 6.07) is 5.73. The van der Waals surface area contributed by atoms with E-state index in [1.54, 1.807) is 0 Å². The van der Waals surface area contributed by atoms with Crippen LogP contribution in [0.2, 0.25) is 0 Å². The lowest BCUT2D eigenvalue weighted by Crippen LogP contribution is -2.29. The minimum atomic E-state index is -3.66. The molecular weight excluding hydrogens is 330 g/mol. The van der Waals surface area contributed by atoms with Gasteiger partial charge in [0.2, 0.25) is 26.0 Å². The van der Waals surface area contributed by atoms with E-state index >= 15 is 0 Å². The zero-order valence-electron chi connectivity index (χ0n) is 12.3. The Morgan fingerprint density at radius 2 is 1.55 bits per heavy atom. The molecule has 0 bridgehead atoms. The molecule has 0 saturated heterocycles. The van der Waals surface area contributed by atoms with Crippen LogP contribution in [0.1, 0.15) is 13.3 Å². The first-order valence-corrected chi connectivity index (χ1v) is 9.79. The van der Waals surface area contributed by atoms with Gasteiger partial charge in [-0.3, -0.25) is 4.79 Å².